The van der Waals surface area contributed by atoms with Crippen LogP contribution < -0.4 is 10.9 Å². The van der Waals surface area contributed by atoms with Crippen LogP contribution in [-0.4, -0.2) is 14.6 Å². The minimum atomic E-state index is 0.653. The molecule has 1 rings (SSSR count). The van der Waals surface area contributed by atoms with Crippen LogP contribution in [0.4, 0.5) is 0 Å². The number of rotatable bonds is 2. The zero-order chi connectivity index (χ0) is 9.14. The lowest BCUT2D eigenvalue weighted by Gasteiger charge is -2.10. The highest BCUT2D eigenvalue weighted by atomic mass is 14.0. The Kier molecular flexibility index (Phi) is 3.02. The van der Waals surface area contributed by atoms with Crippen LogP contribution in [0.5, 0.6) is 0 Å². The van der Waals surface area contributed by atoms with E-state index in [-0.39, 0.29) is 0 Å². The Morgan fingerprint density at radius 2 is 2.00 bits per heavy atom. The van der Waals surface area contributed by atoms with E-state index in [9.17, 15) is 0 Å². The molecular weight excluding hydrogens is 142 g/mol. The van der Waals surface area contributed by atoms with Crippen molar-refractivity contribution in [1.82, 2.24) is 0 Å². The average Bonchev–Trinajstić information content (AvgIpc) is 2.03. The SMILES string of the molecule is Bc1ccc(B(C)C)c(CC)c1. The highest BCUT2D eigenvalue weighted by Crippen LogP contribution is 1.97. The monoisotopic (exact) mass is 158 g/mol. The van der Waals surface area contributed by atoms with Crippen LogP contribution in [0.3, 0.4) is 0 Å². The lowest BCUT2D eigenvalue weighted by Crippen LogP contribution is -2.28. The zero-order valence-corrected chi connectivity index (χ0v) is 8.52. The fourth-order valence-electron chi connectivity index (χ4n) is 1.60. The third-order valence-corrected chi connectivity index (χ3v) is 2.30. The Bertz CT molecular complexity index is 267. The first kappa shape index (κ1) is 9.44. The van der Waals surface area contributed by atoms with Gasteiger partial charge in [0.1, 0.15) is 7.85 Å². The van der Waals surface area contributed by atoms with Gasteiger partial charge in [0.25, 0.3) is 0 Å². The molecule has 0 aliphatic carbocycles. The van der Waals surface area contributed by atoms with E-state index in [1.54, 1.807) is 0 Å². The molecule has 0 fully saturated rings. The third-order valence-electron chi connectivity index (χ3n) is 2.30. The third kappa shape index (κ3) is 1.94. The lowest BCUT2D eigenvalue weighted by molar-refractivity contribution is 1.16. The molecule has 0 bridgehead atoms. The maximum absolute atomic E-state index is 2.30. The molecule has 0 aliphatic heterocycles. The van der Waals surface area contributed by atoms with Gasteiger partial charge in [-0.15, -0.1) is 0 Å². The van der Waals surface area contributed by atoms with Crippen molar-refractivity contribution in [3.05, 3.63) is 23.8 Å². The molecule has 0 aromatic heterocycles. The van der Waals surface area contributed by atoms with Crippen molar-refractivity contribution in [2.24, 2.45) is 0 Å². The van der Waals surface area contributed by atoms with Crippen LogP contribution in [0, 0.1) is 0 Å². The molecule has 1 aromatic carbocycles. The Labute approximate surface area is 76.9 Å². The van der Waals surface area contributed by atoms with E-state index >= 15 is 0 Å². The van der Waals surface area contributed by atoms with E-state index in [1.165, 1.54) is 16.5 Å². The topological polar surface area (TPSA) is 0 Å². The molecule has 0 saturated heterocycles. The smallest absolute Gasteiger partial charge is 0.0887 e. The molecular formula is C10H16B2. The largest absolute Gasteiger partial charge is 0.169 e. The number of benzene rings is 1. The van der Waals surface area contributed by atoms with E-state index in [0.717, 1.165) is 6.42 Å². The molecule has 0 N–H and O–H groups in total. The molecule has 12 heavy (non-hydrogen) atoms. The van der Waals surface area contributed by atoms with Crippen molar-refractivity contribution in [3.63, 3.8) is 0 Å². The Morgan fingerprint density at radius 1 is 1.33 bits per heavy atom. The van der Waals surface area contributed by atoms with Crippen molar-refractivity contribution in [2.75, 3.05) is 0 Å². The van der Waals surface area contributed by atoms with E-state index in [2.05, 4.69) is 46.6 Å². The second-order valence-electron chi connectivity index (χ2n) is 3.71. The van der Waals surface area contributed by atoms with E-state index in [1.807, 2.05) is 0 Å². The van der Waals surface area contributed by atoms with Gasteiger partial charge in [-0.2, -0.15) is 0 Å². The van der Waals surface area contributed by atoms with Crippen LogP contribution >= 0.6 is 0 Å². The molecule has 0 radical (unpaired) electrons. The molecule has 0 saturated carbocycles. The van der Waals surface area contributed by atoms with Crippen LogP contribution in [-0.2, 0) is 6.42 Å². The van der Waals surface area contributed by atoms with E-state index < -0.39 is 0 Å². The maximum atomic E-state index is 2.30. The normalized spacial score (nSPS) is 9.92. The van der Waals surface area contributed by atoms with Gasteiger partial charge in [0.05, 0.1) is 0 Å². The summed E-state index contributed by atoms with van der Waals surface area (Å²) in [4.78, 5) is 0. The van der Waals surface area contributed by atoms with Gasteiger partial charge in [0.15, 0.2) is 6.71 Å². The minimum Gasteiger partial charge on any atom is -0.0887 e. The van der Waals surface area contributed by atoms with Gasteiger partial charge < -0.3 is 0 Å². The van der Waals surface area contributed by atoms with Crippen molar-refractivity contribution in [2.45, 2.75) is 27.0 Å². The first-order valence-corrected chi connectivity index (χ1v) is 4.74. The summed E-state index contributed by atoms with van der Waals surface area (Å²) in [6, 6.07) is 6.77. The van der Waals surface area contributed by atoms with Gasteiger partial charge in [0, 0.05) is 0 Å². The summed E-state index contributed by atoms with van der Waals surface area (Å²) in [5.41, 5.74) is 4.38. The number of aryl methyl sites for hydroxylation is 1. The van der Waals surface area contributed by atoms with Crippen molar-refractivity contribution < 1.29 is 0 Å². The molecule has 0 nitrogen and oxygen atoms in total. The summed E-state index contributed by atoms with van der Waals surface area (Å²) >= 11 is 0. The van der Waals surface area contributed by atoms with Crippen LogP contribution in [0.25, 0.3) is 0 Å². The summed E-state index contributed by atoms with van der Waals surface area (Å²) in [6.45, 7) is 7.38. The molecule has 62 valence electrons. The predicted molar refractivity (Wildman–Crippen MR) is 61.1 cm³/mol. The molecule has 2 heteroatoms. The van der Waals surface area contributed by atoms with Gasteiger partial charge in [-0.05, 0) is 6.42 Å². The summed E-state index contributed by atoms with van der Waals surface area (Å²) < 4.78 is 0. The Hall–Kier alpha value is -0.650. The summed E-state index contributed by atoms with van der Waals surface area (Å²) in [7, 11) is 2.16. The van der Waals surface area contributed by atoms with Crippen molar-refractivity contribution in [3.8, 4) is 0 Å². The van der Waals surface area contributed by atoms with E-state index in [0.29, 0.717) is 6.71 Å². The van der Waals surface area contributed by atoms with Gasteiger partial charge in [-0.25, -0.2) is 0 Å². The van der Waals surface area contributed by atoms with Crippen LogP contribution in [0.15, 0.2) is 18.2 Å². The zero-order valence-electron chi connectivity index (χ0n) is 8.52. The Morgan fingerprint density at radius 3 is 2.50 bits per heavy atom. The maximum Gasteiger partial charge on any atom is 0.169 e. The lowest BCUT2D eigenvalue weighted by atomic mass is 9.48. The first-order valence-electron chi connectivity index (χ1n) is 4.74. The molecule has 1 aromatic rings. The second kappa shape index (κ2) is 3.84. The second-order valence-corrected chi connectivity index (χ2v) is 3.71. The van der Waals surface area contributed by atoms with Crippen LogP contribution in [0.1, 0.15) is 12.5 Å². The first-order chi connectivity index (χ1) is 5.65. The molecule has 0 amide bonds. The fourth-order valence-corrected chi connectivity index (χ4v) is 1.60. The average molecular weight is 158 g/mol. The molecule has 0 unspecified atom stereocenters. The van der Waals surface area contributed by atoms with Gasteiger partial charge in [-0.1, -0.05) is 55.3 Å². The number of hydrogen-bond acceptors (Lipinski definition) is 0. The number of hydrogen-bond donors (Lipinski definition) is 0. The fraction of sp³-hybridized carbons (Fsp3) is 0.400. The quantitative estimate of drug-likeness (QED) is 0.548. The summed E-state index contributed by atoms with van der Waals surface area (Å²) in [5.74, 6) is 0. The summed E-state index contributed by atoms with van der Waals surface area (Å²) in [6.07, 6.45) is 1.15. The summed E-state index contributed by atoms with van der Waals surface area (Å²) in [5, 5.41) is 0. The van der Waals surface area contributed by atoms with Crippen LogP contribution in [0.2, 0.25) is 13.6 Å². The molecule has 0 heterocycles. The highest BCUT2D eigenvalue weighted by Gasteiger charge is 2.06. The minimum absolute atomic E-state index is 0.653. The molecule has 0 spiro atoms. The van der Waals surface area contributed by atoms with Crippen molar-refractivity contribution >= 4 is 25.5 Å². The Balaban J connectivity index is 3.11. The van der Waals surface area contributed by atoms with Gasteiger partial charge in [-0.3, -0.25) is 0 Å². The highest BCUT2D eigenvalue weighted by molar-refractivity contribution is 6.71. The standard InChI is InChI=1S/C10H16B2/c1-4-8-7-9(11)5-6-10(8)12(2)3/h5-7H,4,11H2,1-3H3. The van der Waals surface area contributed by atoms with Crippen molar-refractivity contribution in [1.29, 1.82) is 0 Å². The molecule has 0 atom stereocenters. The molecule has 0 aliphatic rings. The van der Waals surface area contributed by atoms with Gasteiger partial charge >= 0.3 is 0 Å². The predicted octanol–water partition coefficient (Wildman–Crippen LogP) is 0.469. The van der Waals surface area contributed by atoms with Gasteiger partial charge in [0.2, 0.25) is 0 Å². The van der Waals surface area contributed by atoms with E-state index in [4.69, 9.17) is 0 Å².